The van der Waals surface area contributed by atoms with Gasteiger partial charge in [-0.05, 0) is 48.4 Å². The lowest BCUT2D eigenvalue weighted by atomic mass is 10.1. The standard InChI is InChI=1S/C21H25FN2O3/c22-18-4-8-20(9-5-18)27-13-1-10-23-21(25)16-17-2-6-19(7-3-17)24-11-14-26-15-12-24/h2-9H,1,10-16H2,(H,23,25). The molecule has 2 aromatic rings. The zero-order valence-electron chi connectivity index (χ0n) is 15.3. The van der Waals surface area contributed by atoms with E-state index in [1.54, 1.807) is 12.1 Å². The third kappa shape index (κ3) is 6.25. The highest BCUT2D eigenvalue weighted by molar-refractivity contribution is 5.78. The molecule has 1 aliphatic rings. The van der Waals surface area contributed by atoms with E-state index in [-0.39, 0.29) is 11.7 Å². The maximum Gasteiger partial charge on any atom is 0.224 e. The van der Waals surface area contributed by atoms with Gasteiger partial charge in [-0.1, -0.05) is 12.1 Å². The molecule has 3 rings (SSSR count). The molecule has 0 spiro atoms. The predicted octanol–water partition coefficient (Wildman–Crippen LogP) is 2.79. The van der Waals surface area contributed by atoms with Crippen LogP contribution >= 0.6 is 0 Å². The summed E-state index contributed by atoms with van der Waals surface area (Å²) in [5, 5.41) is 2.90. The van der Waals surface area contributed by atoms with Gasteiger partial charge in [-0.2, -0.15) is 0 Å². The van der Waals surface area contributed by atoms with Crippen LogP contribution in [0, 0.1) is 5.82 Å². The van der Waals surface area contributed by atoms with E-state index in [9.17, 15) is 9.18 Å². The molecule has 0 radical (unpaired) electrons. The molecule has 0 atom stereocenters. The van der Waals surface area contributed by atoms with Gasteiger partial charge in [0.15, 0.2) is 0 Å². The van der Waals surface area contributed by atoms with Gasteiger partial charge in [-0.25, -0.2) is 4.39 Å². The smallest absolute Gasteiger partial charge is 0.224 e. The molecule has 1 fully saturated rings. The number of nitrogens with one attached hydrogen (secondary N) is 1. The number of hydrogen-bond acceptors (Lipinski definition) is 4. The van der Waals surface area contributed by atoms with Crippen molar-refractivity contribution in [3.63, 3.8) is 0 Å². The van der Waals surface area contributed by atoms with Crippen molar-refractivity contribution in [3.8, 4) is 5.75 Å². The molecule has 0 unspecified atom stereocenters. The number of benzene rings is 2. The van der Waals surface area contributed by atoms with Crippen LogP contribution in [0.15, 0.2) is 48.5 Å². The fourth-order valence-corrected chi connectivity index (χ4v) is 2.91. The molecular formula is C21H25FN2O3. The van der Waals surface area contributed by atoms with E-state index < -0.39 is 0 Å². The molecule has 144 valence electrons. The maximum atomic E-state index is 12.8. The minimum absolute atomic E-state index is 0.00379. The highest BCUT2D eigenvalue weighted by Gasteiger charge is 2.11. The van der Waals surface area contributed by atoms with E-state index in [1.165, 1.54) is 17.8 Å². The number of halogens is 1. The van der Waals surface area contributed by atoms with Gasteiger partial charge < -0.3 is 19.7 Å². The quantitative estimate of drug-likeness (QED) is 0.724. The number of ether oxygens (including phenoxy) is 2. The van der Waals surface area contributed by atoms with E-state index >= 15 is 0 Å². The van der Waals surface area contributed by atoms with Gasteiger partial charge in [0.2, 0.25) is 5.91 Å². The molecule has 0 aliphatic carbocycles. The van der Waals surface area contributed by atoms with Crippen molar-refractivity contribution < 1.29 is 18.7 Å². The molecule has 1 amide bonds. The summed E-state index contributed by atoms with van der Waals surface area (Å²) in [5.74, 6) is 0.339. The summed E-state index contributed by atoms with van der Waals surface area (Å²) in [7, 11) is 0. The fraction of sp³-hybridized carbons (Fsp3) is 0.381. The minimum Gasteiger partial charge on any atom is -0.494 e. The first-order valence-corrected chi connectivity index (χ1v) is 9.27. The van der Waals surface area contributed by atoms with Gasteiger partial charge in [0.05, 0.1) is 26.2 Å². The first-order chi connectivity index (χ1) is 13.2. The Kier molecular flexibility index (Phi) is 7.04. The van der Waals surface area contributed by atoms with Crippen molar-refractivity contribution >= 4 is 11.6 Å². The first-order valence-electron chi connectivity index (χ1n) is 9.27. The topological polar surface area (TPSA) is 50.8 Å². The summed E-state index contributed by atoms with van der Waals surface area (Å²) in [4.78, 5) is 14.3. The average Bonchev–Trinajstić information content (AvgIpc) is 2.70. The Morgan fingerprint density at radius 3 is 2.48 bits per heavy atom. The van der Waals surface area contributed by atoms with Gasteiger partial charge in [-0.3, -0.25) is 4.79 Å². The van der Waals surface area contributed by atoms with E-state index in [4.69, 9.17) is 9.47 Å². The molecule has 0 saturated carbocycles. The minimum atomic E-state index is -0.285. The van der Waals surface area contributed by atoms with E-state index in [0.717, 1.165) is 31.9 Å². The molecule has 1 saturated heterocycles. The molecule has 1 heterocycles. The number of morpholine rings is 1. The van der Waals surface area contributed by atoms with Crippen LogP contribution in [0.4, 0.5) is 10.1 Å². The average molecular weight is 372 g/mol. The zero-order chi connectivity index (χ0) is 18.9. The molecule has 2 aromatic carbocycles. The van der Waals surface area contributed by atoms with Gasteiger partial charge in [0.1, 0.15) is 11.6 Å². The van der Waals surface area contributed by atoms with Crippen LogP contribution in [0.5, 0.6) is 5.75 Å². The monoisotopic (exact) mass is 372 g/mol. The van der Waals surface area contributed by atoms with Crippen molar-refractivity contribution in [2.75, 3.05) is 44.4 Å². The van der Waals surface area contributed by atoms with Gasteiger partial charge in [0, 0.05) is 25.3 Å². The van der Waals surface area contributed by atoms with Crippen molar-refractivity contribution in [1.82, 2.24) is 5.32 Å². The van der Waals surface area contributed by atoms with Crippen LogP contribution in [0.1, 0.15) is 12.0 Å². The lowest BCUT2D eigenvalue weighted by Gasteiger charge is -2.28. The number of carbonyl (C=O) groups excluding carboxylic acids is 1. The maximum absolute atomic E-state index is 12.8. The Labute approximate surface area is 159 Å². The van der Waals surface area contributed by atoms with Crippen LogP contribution in [0.2, 0.25) is 0 Å². The lowest BCUT2D eigenvalue weighted by molar-refractivity contribution is -0.120. The van der Waals surface area contributed by atoms with E-state index in [0.29, 0.717) is 31.7 Å². The number of nitrogens with zero attached hydrogens (tertiary/aromatic N) is 1. The highest BCUT2D eigenvalue weighted by atomic mass is 19.1. The summed E-state index contributed by atoms with van der Waals surface area (Å²) >= 11 is 0. The SMILES string of the molecule is O=C(Cc1ccc(N2CCOCC2)cc1)NCCCOc1ccc(F)cc1. The summed E-state index contributed by atoms with van der Waals surface area (Å²) in [6, 6.07) is 14.0. The molecule has 1 N–H and O–H groups in total. The summed E-state index contributed by atoms with van der Waals surface area (Å²) in [6.07, 6.45) is 1.06. The Balaban J connectivity index is 1.33. The first kappa shape index (κ1) is 19.2. The predicted molar refractivity (Wildman–Crippen MR) is 103 cm³/mol. The molecule has 27 heavy (non-hydrogen) atoms. The van der Waals surface area contributed by atoms with E-state index in [2.05, 4.69) is 22.3 Å². The second kappa shape index (κ2) is 9.92. The number of amides is 1. The summed E-state index contributed by atoms with van der Waals surface area (Å²) in [5.41, 5.74) is 2.16. The Hall–Kier alpha value is -2.60. The van der Waals surface area contributed by atoms with Crippen molar-refractivity contribution in [1.29, 1.82) is 0 Å². The number of rotatable bonds is 8. The van der Waals surface area contributed by atoms with Crippen LogP contribution in [-0.4, -0.2) is 45.4 Å². The van der Waals surface area contributed by atoms with Crippen LogP contribution in [-0.2, 0) is 16.0 Å². The molecule has 6 heteroatoms. The normalized spacial score (nSPS) is 14.0. The zero-order valence-corrected chi connectivity index (χ0v) is 15.3. The third-order valence-corrected chi connectivity index (χ3v) is 4.40. The molecule has 5 nitrogen and oxygen atoms in total. The van der Waals surface area contributed by atoms with Crippen LogP contribution in [0.25, 0.3) is 0 Å². The largest absolute Gasteiger partial charge is 0.494 e. The number of carbonyl (C=O) groups is 1. The second-order valence-electron chi connectivity index (χ2n) is 6.45. The second-order valence-corrected chi connectivity index (χ2v) is 6.45. The molecular weight excluding hydrogens is 347 g/mol. The number of hydrogen-bond donors (Lipinski definition) is 1. The summed E-state index contributed by atoms with van der Waals surface area (Å²) in [6.45, 7) is 4.34. The summed E-state index contributed by atoms with van der Waals surface area (Å²) < 4.78 is 23.7. The lowest BCUT2D eigenvalue weighted by Crippen LogP contribution is -2.36. The number of anilines is 1. The third-order valence-electron chi connectivity index (χ3n) is 4.40. The van der Waals surface area contributed by atoms with Crippen LogP contribution in [0.3, 0.4) is 0 Å². The van der Waals surface area contributed by atoms with Crippen molar-refractivity contribution in [2.45, 2.75) is 12.8 Å². The van der Waals surface area contributed by atoms with E-state index in [1.807, 2.05) is 12.1 Å². The molecule has 1 aliphatic heterocycles. The Morgan fingerprint density at radius 2 is 1.78 bits per heavy atom. The van der Waals surface area contributed by atoms with Gasteiger partial charge in [0.25, 0.3) is 0 Å². The van der Waals surface area contributed by atoms with Gasteiger partial charge in [-0.15, -0.1) is 0 Å². The Morgan fingerprint density at radius 1 is 1.07 bits per heavy atom. The van der Waals surface area contributed by atoms with Crippen LogP contribution < -0.4 is 15.0 Å². The van der Waals surface area contributed by atoms with Gasteiger partial charge >= 0.3 is 0 Å². The Bertz CT molecular complexity index is 713. The fourth-order valence-electron chi connectivity index (χ4n) is 2.91. The highest BCUT2D eigenvalue weighted by Crippen LogP contribution is 2.17. The van der Waals surface area contributed by atoms with Crippen molar-refractivity contribution in [3.05, 3.63) is 59.9 Å². The van der Waals surface area contributed by atoms with Crippen molar-refractivity contribution in [2.24, 2.45) is 0 Å². The molecule has 0 aromatic heterocycles. The molecule has 0 bridgehead atoms.